The molecule has 0 unspecified atom stereocenters. The average Bonchev–Trinajstić information content (AvgIpc) is 2.36. The molecule has 1 aliphatic heterocycles. The van der Waals surface area contributed by atoms with Crippen molar-refractivity contribution in [3.8, 4) is 0 Å². The number of carbonyl (C=O) groups is 1. The Balaban J connectivity index is 2.77. The Morgan fingerprint density at radius 2 is 2.12 bits per heavy atom. The van der Waals surface area contributed by atoms with Crippen molar-refractivity contribution in [3.63, 3.8) is 0 Å². The van der Waals surface area contributed by atoms with Gasteiger partial charge in [0.25, 0.3) is 0 Å². The molecule has 17 heavy (non-hydrogen) atoms. The lowest BCUT2D eigenvalue weighted by molar-refractivity contribution is -0.147. The average molecular weight is 244 g/mol. The number of methoxy groups -OCH3 is 1. The van der Waals surface area contributed by atoms with E-state index in [2.05, 4.69) is 5.32 Å². The summed E-state index contributed by atoms with van der Waals surface area (Å²) >= 11 is 0. The van der Waals surface area contributed by atoms with E-state index in [0.717, 1.165) is 25.9 Å². The van der Waals surface area contributed by atoms with Gasteiger partial charge in [0.05, 0.1) is 18.6 Å². The van der Waals surface area contributed by atoms with Crippen molar-refractivity contribution in [2.24, 2.45) is 5.41 Å². The first kappa shape index (κ1) is 14.4. The number of nitrogens with zero attached hydrogens (tertiary/aromatic N) is 1. The quantitative estimate of drug-likeness (QED) is 0.682. The smallest absolute Gasteiger partial charge is 0.231 e. The summed E-state index contributed by atoms with van der Waals surface area (Å²) in [7, 11) is 1.64. The van der Waals surface area contributed by atoms with Crippen LogP contribution >= 0.6 is 0 Å². The second-order valence-corrected chi connectivity index (χ2v) is 4.57. The van der Waals surface area contributed by atoms with Gasteiger partial charge in [0.15, 0.2) is 0 Å². The number of rotatable bonds is 6. The number of hydrogen-bond acceptors (Lipinski definition) is 4. The van der Waals surface area contributed by atoms with Gasteiger partial charge in [-0.2, -0.15) is 0 Å². The largest absolute Gasteiger partial charge is 0.395 e. The van der Waals surface area contributed by atoms with E-state index in [1.54, 1.807) is 12.0 Å². The Morgan fingerprint density at radius 1 is 1.47 bits per heavy atom. The minimum atomic E-state index is -0.398. The summed E-state index contributed by atoms with van der Waals surface area (Å²) < 4.78 is 5.24. The van der Waals surface area contributed by atoms with E-state index in [-0.39, 0.29) is 12.5 Å². The summed E-state index contributed by atoms with van der Waals surface area (Å²) in [4.78, 5) is 14.3. The highest BCUT2D eigenvalue weighted by molar-refractivity contribution is 5.83. The summed E-state index contributed by atoms with van der Waals surface area (Å²) in [5.74, 6) is 0.123. The lowest BCUT2D eigenvalue weighted by Crippen LogP contribution is -2.52. The molecule has 0 aromatic rings. The summed E-state index contributed by atoms with van der Waals surface area (Å²) in [5.41, 5.74) is -0.398. The first-order valence-corrected chi connectivity index (χ1v) is 6.30. The molecule has 1 heterocycles. The van der Waals surface area contributed by atoms with Crippen LogP contribution in [0.3, 0.4) is 0 Å². The number of aliphatic hydroxyl groups is 1. The molecule has 0 aliphatic carbocycles. The third kappa shape index (κ3) is 3.40. The van der Waals surface area contributed by atoms with Crippen LogP contribution in [0.5, 0.6) is 0 Å². The highest BCUT2D eigenvalue weighted by Crippen LogP contribution is 2.31. The van der Waals surface area contributed by atoms with E-state index in [1.807, 2.05) is 6.92 Å². The number of carbonyl (C=O) groups excluding carboxylic acids is 1. The fraction of sp³-hybridized carbons (Fsp3) is 0.917. The molecule has 1 amide bonds. The standard InChI is InChI=1S/C12H24N2O3/c1-3-14(8-9-15)11(16)12(10-17-2)4-6-13-7-5-12/h13,15H,3-10H2,1-2H3. The number of aliphatic hydroxyl groups excluding tert-OH is 1. The molecule has 100 valence electrons. The minimum absolute atomic E-state index is 0.0148. The zero-order chi connectivity index (χ0) is 12.7. The normalized spacial score (nSPS) is 19.0. The predicted octanol–water partition coefficient (Wildman–Crippen LogP) is -0.157. The van der Waals surface area contributed by atoms with Crippen molar-refractivity contribution in [2.75, 3.05) is 46.5 Å². The fourth-order valence-electron chi connectivity index (χ4n) is 2.46. The van der Waals surface area contributed by atoms with Crippen LogP contribution in [-0.4, -0.2) is 62.4 Å². The van der Waals surface area contributed by atoms with Crippen LogP contribution in [0.15, 0.2) is 0 Å². The van der Waals surface area contributed by atoms with Gasteiger partial charge in [-0.3, -0.25) is 4.79 Å². The van der Waals surface area contributed by atoms with Crippen LogP contribution in [0.4, 0.5) is 0 Å². The van der Waals surface area contributed by atoms with Crippen LogP contribution in [0.25, 0.3) is 0 Å². The number of likely N-dealkylation sites (N-methyl/N-ethyl adjacent to an activating group) is 1. The predicted molar refractivity (Wildman–Crippen MR) is 65.8 cm³/mol. The lowest BCUT2D eigenvalue weighted by Gasteiger charge is -2.39. The maximum atomic E-state index is 12.5. The van der Waals surface area contributed by atoms with Crippen molar-refractivity contribution in [3.05, 3.63) is 0 Å². The first-order chi connectivity index (χ1) is 8.20. The van der Waals surface area contributed by atoms with Crippen molar-refractivity contribution >= 4 is 5.91 Å². The number of amides is 1. The summed E-state index contributed by atoms with van der Waals surface area (Å²) in [6.45, 7) is 5.18. The molecule has 1 aliphatic rings. The van der Waals surface area contributed by atoms with Crippen LogP contribution in [0.2, 0.25) is 0 Å². The molecular formula is C12H24N2O3. The molecule has 5 heteroatoms. The number of hydrogen-bond donors (Lipinski definition) is 2. The van der Waals surface area contributed by atoms with E-state index < -0.39 is 5.41 Å². The van der Waals surface area contributed by atoms with Gasteiger partial charge in [-0.25, -0.2) is 0 Å². The molecule has 1 fully saturated rings. The SMILES string of the molecule is CCN(CCO)C(=O)C1(COC)CCNCC1. The molecule has 2 N–H and O–H groups in total. The third-order valence-electron chi connectivity index (χ3n) is 3.47. The Kier molecular flexibility index (Phi) is 5.88. The first-order valence-electron chi connectivity index (χ1n) is 6.30. The van der Waals surface area contributed by atoms with Crippen molar-refractivity contribution in [2.45, 2.75) is 19.8 Å². The van der Waals surface area contributed by atoms with Crippen molar-refractivity contribution in [1.82, 2.24) is 10.2 Å². The van der Waals surface area contributed by atoms with Crippen LogP contribution < -0.4 is 5.32 Å². The van der Waals surface area contributed by atoms with Crippen molar-refractivity contribution in [1.29, 1.82) is 0 Å². The number of nitrogens with one attached hydrogen (secondary N) is 1. The minimum Gasteiger partial charge on any atom is -0.395 e. The zero-order valence-electron chi connectivity index (χ0n) is 10.9. The van der Waals surface area contributed by atoms with Gasteiger partial charge in [-0.1, -0.05) is 0 Å². The molecule has 1 rings (SSSR count). The van der Waals surface area contributed by atoms with E-state index >= 15 is 0 Å². The third-order valence-corrected chi connectivity index (χ3v) is 3.47. The van der Waals surface area contributed by atoms with Gasteiger partial charge < -0.3 is 20.1 Å². The van der Waals surface area contributed by atoms with Gasteiger partial charge in [0.2, 0.25) is 5.91 Å². The van der Waals surface area contributed by atoms with Gasteiger partial charge >= 0.3 is 0 Å². The molecule has 0 spiro atoms. The monoisotopic (exact) mass is 244 g/mol. The fourth-order valence-corrected chi connectivity index (χ4v) is 2.46. The Bertz CT molecular complexity index is 234. The Labute approximate surface area is 103 Å². The molecule has 5 nitrogen and oxygen atoms in total. The molecule has 1 saturated heterocycles. The molecule has 0 aromatic heterocycles. The Morgan fingerprint density at radius 3 is 2.59 bits per heavy atom. The van der Waals surface area contributed by atoms with Gasteiger partial charge in [-0.05, 0) is 32.9 Å². The molecular weight excluding hydrogens is 220 g/mol. The molecule has 0 radical (unpaired) electrons. The van der Waals surface area contributed by atoms with E-state index in [0.29, 0.717) is 19.7 Å². The molecule has 0 aromatic carbocycles. The van der Waals surface area contributed by atoms with E-state index in [1.165, 1.54) is 0 Å². The number of piperidine rings is 1. The zero-order valence-corrected chi connectivity index (χ0v) is 10.9. The second kappa shape index (κ2) is 6.93. The van der Waals surface area contributed by atoms with Gasteiger partial charge in [0.1, 0.15) is 0 Å². The Hall–Kier alpha value is -0.650. The van der Waals surface area contributed by atoms with E-state index in [4.69, 9.17) is 9.84 Å². The van der Waals surface area contributed by atoms with E-state index in [9.17, 15) is 4.79 Å². The second-order valence-electron chi connectivity index (χ2n) is 4.57. The maximum Gasteiger partial charge on any atom is 0.231 e. The van der Waals surface area contributed by atoms with Crippen LogP contribution in [-0.2, 0) is 9.53 Å². The molecule has 0 atom stereocenters. The van der Waals surface area contributed by atoms with Gasteiger partial charge in [0, 0.05) is 20.2 Å². The van der Waals surface area contributed by atoms with Crippen LogP contribution in [0.1, 0.15) is 19.8 Å². The summed E-state index contributed by atoms with van der Waals surface area (Å²) in [5, 5.41) is 12.3. The van der Waals surface area contributed by atoms with Crippen LogP contribution in [0, 0.1) is 5.41 Å². The maximum absolute atomic E-state index is 12.5. The topological polar surface area (TPSA) is 61.8 Å². The lowest BCUT2D eigenvalue weighted by atomic mass is 9.78. The highest BCUT2D eigenvalue weighted by Gasteiger charge is 2.41. The molecule has 0 saturated carbocycles. The summed E-state index contributed by atoms with van der Waals surface area (Å²) in [6.07, 6.45) is 1.61. The highest BCUT2D eigenvalue weighted by atomic mass is 16.5. The van der Waals surface area contributed by atoms with Crippen molar-refractivity contribution < 1.29 is 14.6 Å². The molecule has 0 bridgehead atoms. The van der Waals surface area contributed by atoms with Gasteiger partial charge in [-0.15, -0.1) is 0 Å². The number of ether oxygens (including phenoxy) is 1. The summed E-state index contributed by atoms with van der Waals surface area (Å²) in [6, 6.07) is 0.